The van der Waals surface area contributed by atoms with E-state index in [-0.39, 0.29) is 11.4 Å². The van der Waals surface area contributed by atoms with Crippen LogP contribution in [0.4, 0.5) is 0 Å². The minimum absolute atomic E-state index is 0.0844. The smallest absolute Gasteiger partial charge is 0.217 e. The lowest BCUT2D eigenvalue weighted by molar-refractivity contribution is -0.125. The molecule has 3 heteroatoms. The van der Waals surface area contributed by atoms with Crippen molar-refractivity contribution in [2.24, 2.45) is 11.8 Å². The molecule has 1 aromatic heterocycles. The van der Waals surface area contributed by atoms with Crippen molar-refractivity contribution in [1.82, 2.24) is 10.3 Å². The molecule has 1 heterocycles. The fourth-order valence-corrected chi connectivity index (χ4v) is 5.76. The molecule has 2 N–H and O–H groups in total. The lowest BCUT2D eigenvalue weighted by Gasteiger charge is -2.62. The minimum Gasteiger partial charge on any atom is -0.365 e. The maximum absolute atomic E-state index is 11.6. The molecule has 102 valence electrons. The molecular weight excluding hydrogens is 236 g/mol. The molecule has 4 aliphatic carbocycles. The summed E-state index contributed by atoms with van der Waals surface area (Å²) in [6.45, 7) is 1.67. The second-order valence-electron chi connectivity index (χ2n) is 7.29. The Labute approximate surface area is 114 Å². The zero-order valence-electron chi connectivity index (χ0n) is 11.5. The van der Waals surface area contributed by atoms with E-state index in [0.717, 1.165) is 18.3 Å². The van der Waals surface area contributed by atoms with Crippen molar-refractivity contribution in [3.05, 3.63) is 24.0 Å². The first-order valence-corrected chi connectivity index (χ1v) is 7.52. The molecule has 1 amide bonds. The van der Waals surface area contributed by atoms with E-state index in [2.05, 4.69) is 22.4 Å². The minimum atomic E-state index is 0.0844. The number of nitrogens with one attached hydrogen (secondary N) is 2. The van der Waals surface area contributed by atoms with E-state index in [1.807, 2.05) is 6.20 Å². The second-order valence-corrected chi connectivity index (χ2v) is 7.29. The third-order valence-electron chi connectivity index (χ3n) is 5.67. The number of H-pyrrole nitrogens is 1. The standard InChI is InChI=1S/C16H22N2O/c1-11(19)18-16-8-12-5-13(9-16)7-15(6-12,10-16)14-3-2-4-17-14/h2-4,12-13,17H,5-10H2,1H3,(H,18,19). The summed E-state index contributed by atoms with van der Waals surface area (Å²) >= 11 is 0. The van der Waals surface area contributed by atoms with Crippen molar-refractivity contribution in [3.8, 4) is 0 Å². The molecule has 1 aromatic rings. The first kappa shape index (κ1) is 11.6. The van der Waals surface area contributed by atoms with Gasteiger partial charge in [-0.25, -0.2) is 0 Å². The number of hydrogen-bond acceptors (Lipinski definition) is 1. The van der Waals surface area contributed by atoms with Crippen molar-refractivity contribution in [2.45, 2.75) is 56.4 Å². The molecule has 3 nitrogen and oxygen atoms in total. The number of amides is 1. The highest BCUT2D eigenvalue weighted by molar-refractivity contribution is 5.74. The predicted octanol–water partition coefficient (Wildman–Crippen LogP) is 2.74. The summed E-state index contributed by atoms with van der Waals surface area (Å²) in [6, 6.07) is 4.35. The zero-order valence-corrected chi connectivity index (χ0v) is 11.5. The average molecular weight is 258 g/mol. The van der Waals surface area contributed by atoms with Crippen molar-refractivity contribution in [2.75, 3.05) is 0 Å². The maximum atomic E-state index is 11.6. The van der Waals surface area contributed by atoms with Gasteiger partial charge in [0.25, 0.3) is 0 Å². The lowest BCUT2D eigenvalue weighted by Crippen LogP contribution is -2.64. The number of aromatic amines is 1. The Kier molecular flexibility index (Phi) is 2.22. The van der Waals surface area contributed by atoms with Crippen molar-refractivity contribution < 1.29 is 4.79 Å². The third-order valence-corrected chi connectivity index (χ3v) is 5.67. The first-order chi connectivity index (χ1) is 9.09. The number of carbonyl (C=O) groups excluding carboxylic acids is 1. The van der Waals surface area contributed by atoms with Gasteiger partial charge in [0.2, 0.25) is 5.91 Å². The van der Waals surface area contributed by atoms with E-state index in [1.54, 1.807) is 6.92 Å². The van der Waals surface area contributed by atoms with E-state index in [4.69, 9.17) is 0 Å². The number of carbonyl (C=O) groups is 1. The molecule has 4 fully saturated rings. The Bertz CT molecular complexity index is 491. The second kappa shape index (κ2) is 3.65. The quantitative estimate of drug-likeness (QED) is 0.841. The van der Waals surface area contributed by atoms with Crippen LogP contribution in [-0.4, -0.2) is 16.4 Å². The van der Waals surface area contributed by atoms with Gasteiger partial charge in [0.05, 0.1) is 0 Å². The third kappa shape index (κ3) is 1.67. The van der Waals surface area contributed by atoms with Gasteiger partial charge in [-0.05, 0) is 62.5 Å². The molecule has 19 heavy (non-hydrogen) atoms. The van der Waals surface area contributed by atoms with Crippen LogP contribution in [0, 0.1) is 11.8 Å². The maximum Gasteiger partial charge on any atom is 0.217 e. The van der Waals surface area contributed by atoms with Gasteiger partial charge >= 0.3 is 0 Å². The lowest BCUT2D eigenvalue weighted by atomic mass is 9.46. The fourth-order valence-electron chi connectivity index (χ4n) is 5.76. The molecule has 4 aliphatic rings. The summed E-state index contributed by atoms with van der Waals surface area (Å²) < 4.78 is 0. The molecule has 4 bridgehead atoms. The summed E-state index contributed by atoms with van der Waals surface area (Å²) in [5.74, 6) is 1.75. The summed E-state index contributed by atoms with van der Waals surface area (Å²) in [4.78, 5) is 15.1. The van der Waals surface area contributed by atoms with Crippen LogP contribution >= 0.6 is 0 Å². The summed E-state index contributed by atoms with van der Waals surface area (Å²) in [6.07, 6.45) is 9.57. The Balaban J connectivity index is 1.74. The van der Waals surface area contributed by atoms with E-state index < -0.39 is 0 Å². The highest BCUT2D eigenvalue weighted by Crippen LogP contribution is 2.61. The van der Waals surface area contributed by atoms with Crippen molar-refractivity contribution in [3.63, 3.8) is 0 Å². The number of aromatic nitrogens is 1. The first-order valence-electron chi connectivity index (χ1n) is 7.52. The van der Waals surface area contributed by atoms with Crippen LogP contribution in [0.15, 0.2) is 18.3 Å². The summed E-state index contributed by atoms with van der Waals surface area (Å²) in [5.41, 5.74) is 1.79. The van der Waals surface area contributed by atoms with Gasteiger partial charge in [-0.3, -0.25) is 4.79 Å². The van der Waals surface area contributed by atoms with Gasteiger partial charge in [-0.1, -0.05) is 0 Å². The highest BCUT2D eigenvalue weighted by atomic mass is 16.1. The molecule has 0 saturated heterocycles. The largest absolute Gasteiger partial charge is 0.365 e. The molecule has 0 aliphatic heterocycles. The molecule has 2 atom stereocenters. The van der Waals surface area contributed by atoms with Crippen LogP contribution < -0.4 is 5.32 Å². The van der Waals surface area contributed by atoms with Gasteiger partial charge < -0.3 is 10.3 Å². The van der Waals surface area contributed by atoms with Crippen LogP contribution in [0.25, 0.3) is 0 Å². The van der Waals surface area contributed by atoms with Crippen molar-refractivity contribution >= 4 is 5.91 Å². The Hall–Kier alpha value is -1.25. The van der Waals surface area contributed by atoms with Crippen LogP contribution in [0.1, 0.15) is 51.1 Å². The van der Waals surface area contributed by atoms with Gasteiger partial charge in [-0.15, -0.1) is 0 Å². The van der Waals surface area contributed by atoms with Crippen LogP contribution in [0.2, 0.25) is 0 Å². The molecule has 4 saturated carbocycles. The molecule has 0 radical (unpaired) electrons. The van der Waals surface area contributed by atoms with E-state index in [0.29, 0.717) is 5.41 Å². The number of rotatable bonds is 2. The zero-order chi connectivity index (χ0) is 13.1. The van der Waals surface area contributed by atoms with Gasteiger partial charge in [-0.2, -0.15) is 0 Å². The topological polar surface area (TPSA) is 44.9 Å². The van der Waals surface area contributed by atoms with E-state index >= 15 is 0 Å². The van der Waals surface area contributed by atoms with Crippen LogP contribution in [0.5, 0.6) is 0 Å². The van der Waals surface area contributed by atoms with Gasteiger partial charge in [0.1, 0.15) is 0 Å². The predicted molar refractivity (Wildman–Crippen MR) is 73.7 cm³/mol. The van der Waals surface area contributed by atoms with Crippen molar-refractivity contribution in [1.29, 1.82) is 0 Å². The normalized spacial score (nSPS) is 43.4. The van der Waals surface area contributed by atoms with Gasteiger partial charge in [0.15, 0.2) is 0 Å². The Morgan fingerprint density at radius 2 is 2.05 bits per heavy atom. The van der Waals surface area contributed by atoms with Crippen LogP contribution in [0.3, 0.4) is 0 Å². The van der Waals surface area contributed by atoms with E-state index in [9.17, 15) is 4.79 Å². The van der Waals surface area contributed by atoms with Crippen LogP contribution in [-0.2, 0) is 10.2 Å². The molecule has 0 spiro atoms. The summed E-state index contributed by atoms with van der Waals surface area (Å²) in [5, 5.41) is 3.32. The highest BCUT2D eigenvalue weighted by Gasteiger charge is 2.58. The monoisotopic (exact) mass is 258 g/mol. The Morgan fingerprint density at radius 1 is 1.32 bits per heavy atom. The fraction of sp³-hybridized carbons (Fsp3) is 0.688. The molecule has 0 aromatic carbocycles. The summed E-state index contributed by atoms with van der Waals surface area (Å²) in [7, 11) is 0. The molecule has 5 rings (SSSR count). The number of hydrogen-bond donors (Lipinski definition) is 2. The molecular formula is C16H22N2O. The Morgan fingerprint density at radius 3 is 2.63 bits per heavy atom. The molecule has 2 unspecified atom stereocenters. The van der Waals surface area contributed by atoms with E-state index in [1.165, 1.54) is 37.8 Å². The average Bonchev–Trinajstić information content (AvgIpc) is 2.78. The van der Waals surface area contributed by atoms with Gasteiger partial charge in [0, 0.05) is 29.8 Å². The SMILES string of the molecule is CC(=O)NC12CC3CC(C1)CC(c1ccc[nH]1)(C3)C2.